The molecule has 2 aromatic carbocycles. The highest BCUT2D eigenvalue weighted by Crippen LogP contribution is 2.20. The lowest BCUT2D eigenvalue weighted by atomic mass is 10.0. The van der Waals surface area contributed by atoms with E-state index in [1.807, 2.05) is 50.2 Å². The van der Waals surface area contributed by atoms with Gasteiger partial charge in [-0.1, -0.05) is 24.3 Å². The number of carbonyl (C=O) groups excluding carboxylic acids is 1. The van der Waals surface area contributed by atoms with Gasteiger partial charge >= 0.3 is 0 Å². The van der Waals surface area contributed by atoms with Crippen LogP contribution in [0.4, 0.5) is 0 Å². The van der Waals surface area contributed by atoms with Crippen molar-refractivity contribution in [1.82, 2.24) is 5.32 Å². The molecule has 0 fully saturated rings. The Morgan fingerprint density at radius 3 is 2.38 bits per heavy atom. The Labute approximate surface area is 143 Å². The molecule has 0 aliphatic carbocycles. The highest BCUT2D eigenvalue weighted by molar-refractivity contribution is 5.76. The summed E-state index contributed by atoms with van der Waals surface area (Å²) in [4.78, 5) is 12.2. The number of hydrogen-bond donors (Lipinski definition) is 1. The molecule has 4 heteroatoms. The highest BCUT2D eigenvalue weighted by atomic mass is 16.5. The zero-order valence-corrected chi connectivity index (χ0v) is 14.8. The zero-order valence-electron chi connectivity index (χ0n) is 14.8. The van der Waals surface area contributed by atoms with Gasteiger partial charge in [-0.05, 0) is 55.2 Å². The van der Waals surface area contributed by atoms with E-state index in [1.165, 1.54) is 0 Å². The number of rotatable bonds is 7. The Hall–Kier alpha value is -2.49. The molecule has 2 aromatic rings. The van der Waals surface area contributed by atoms with Crippen LogP contribution in [0.3, 0.4) is 0 Å². The van der Waals surface area contributed by atoms with E-state index in [-0.39, 0.29) is 11.9 Å². The van der Waals surface area contributed by atoms with Crippen molar-refractivity contribution >= 4 is 5.91 Å². The Kier molecular flexibility index (Phi) is 6.24. The molecule has 128 valence electrons. The second-order valence-corrected chi connectivity index (χ2v) is 5.87. The highest BCUT2D eigenvalue weighted by Gasteiger charge is 2.10. The first-order chi connectivity index (χ1) is 11.5. The van der Waals surface area contributed by atoms with Crippen LogP contribution in [-0.2, 0) is 11.2 Å². The van der Waals surface area contributed by atoms with Crippen LogP contribution >= 0.6 is 0 Å². The van der Waals surface area contributed by atoms with Crippen molar-refractivity contribution in [2.45, 2.75) is 32.7 Å². The molecule has 0 aromatic heterocycles. The second kappa shape index (κ2) is 8.39. The third kappa shape index (κ3) is 4.75. The van der Waals surface area contributed by atoms with Gasteiger partial charge in [-0.2, -0.15) is 0 Å². The average molecular weight is 327 g/mol. The third-order valence-electron chi connectivity index (χ3n) is 4.09. The Balaban J connectivity index is 1.87. The Morgan fingerprint density at radius 1 is 1.08 bits per heavy atom. The maximum Gasteiger partial charge on any atom is 0.220 e. The lowest BCUT2D eigenvalue weighted by Gasteiger charge is -2.15. The maximum atomic E-state index is 12.2. The molecule has 0 radical (unpaired) electrons. The fraction of sp³-hybridized carbons (Fsp3) is 0.350. The summed E-state index contributed by atoms with van der Waals surface area (Å²) in [7, 11) is 3.30. The quantitative estimate of drug-likeness (QED) is 0.841. The number of carbonyl (C=O) groups is 1. The molecule has 0 saturated heterocycles. The fourth-order valence-corrected chi connectivity index (χ4v) is 2.64. The predicted octanol–water partition coefficient (Wildman–Crippen LogP) is 3.82. The summed E-state index contributed by atoms with van der Waals surface area (Å²) < 4.78 is 10.4. The van der Waals surface area contributed by atoms with Crippen LogP contribution in [0.15, 0.2) is 42.5 Å². The zero-order chi connectivity index (χ0) is 17.5. The smallest absolute Gasteiger partial charge is 0.220 e. The van der Waals surface area contributed by atoms with E-state index in [2.05, 4.69) is 11.4 Å². The van der Waals surface area contributed by atoms with Crippen molar-refractivity contribution in [2.75, 3.05) is 14.2 Å². The van der Waals surface area contributed by atoms with Crippen LogP contribution < -0.4 is 14.8 Å². The van der Waals surface area contributed by atoms with Crippen molar-refractivity contribution in [1.29, 1.82) is 0 Å². The molecule has 0 spiro atoms. The van der Waals surface area contributed by atoms with E-state index in [0.717, 1.165) is 28.2 Å². The van der Waals surface area contributed by atoms with Crippen molar-refractivity contribution in [3.05, 3.63) is 59.2 Å². The molecule has 1 unspecified atom stereocenters. The molecule has 0 saturated carbocycles. The number of amides is 1. The minimum Gasteiger partial charge on any atom is -0.497 e. The molecule has 1 amide bonds. The molecule has 0 bridgehead atoms. The number of aryl methyl sites for hydroxylation is 2. The van der Waals surface area contributed by atoms with Crippen LogP contribution in [0, 0.1) is 6.92 Å². The van der Waals surface area contributed by atoms with E-state index < -0.39 is 0 Å². The maximum absolute atomic E-state index is 12.2. The van der Waals surface area contributed by atoms with Gasteiger partial charge in [0.15, 0.2) is 0 Å². The summed E-state index contributed by atoms with van der Waals surface area (Å²) in [6, 6.07) is 13.7. The van der Waals surface area contributed by atoms with E-state index in [9.17, 15) is 4.79 Å². The van der Waals surface area contributed by atoms with Gasteiger partial charge in [-0.3, -0.25) is 4.79 Å². The van der Waals surface area contributed by atoms with Gasteiger partial charge in [0, 0.05) is 6.42 Å². The van der Waals surface area contributed by atoms with Gasteiger partial charge in [0.05, 0.1) is 20.3 Å². The van der Waals surface area contributed by atoms with Gasteiger partial charge < -0.3 is 14.8 Å². The van der Waals surface area contributed by atoms with E-state index >= 15 is 0 Å². The monoisotopic (exact) mass is 327 g/mol. The summed E-state index contributed by atoms with van der Waals surface area (Å²) in [5.41, 5.74) is 3.28. The Morgan fingerprint density at radius 2 is 1.79 bits per heavy atom. The first kappa shape index (κ1) is 17.9. The van der Waals surface area contributed by atoms with Crippen molar-refractivity contribution in [2.24, 2.45) is 0 Å². The van der Waals surface area contributed by atoms with Crippen LogP contribution in [0.5, 0.6) is 11.5 Å². The van der Waals surface area contributed by atoms with Gasteiger partial charge in [-0.15, -0.1) is 0 Å². The van der Waals surface area contributed by atoms with Crippen LogP contribution in [0.25, 0.3) is 0 Å². The normalized spacial score (nSPS) is 11.7. The minimum atomic E-state index is -0.0268. The van der Waals surface area contributed by atoms with Gasteiger partial charge in [-0.25, -0.2) is 0 Å². The van der Waals surface area contributed by atoms with Gasteiger partial charge in [0.25, 0.3) is 0 Å². The Bertz CT molecular complexity index is 680. The second-order valence-electron chi connectivity index (χ2n) is 5.87. The molecule has 2 rings (SSSR count). The van der Waals surface area contributed by atoms with Gasteiger partial charge in [0.1, 0.15) is 11.5 Å². The number of nitrogens with one attached hydrogen (secondary N) is 1. The molecular formula is C20H25NO3. The van der Waals surface area contributed by atoms with Crippen molar-refractivity contribution in [3.8, 4) is 11.5 Å². The largest absolute Gasteiger partial charge is 0.497 e. The standard InChI is InChI=1S/C20H25NO3/c1-14-13-16(5-11-19(14)24-4)6-12-20(22)21-15(2)17-7-9-18(23-3)10-8-17/h5,7-11,13,15H,6,12H2,1-4H3,(H,21,22). The van der Waals surface area contributed by atoms with E-state index in [1.54, 1.807) is 14.2 Å². The molecule has 0 heterocycles. The van der Waals surface area contributed by atoms with Crippen LogP contribution in [0.2, 0.25) is 0 Å². The minimum absolute atomic E-state index is 0.0268. The molecule has 1 N–H and O–H groups in total. The fourth-order valence-electron chi connectivity index (χ4n) is 2.64. The topological polar surface area (TPSA) is 47.6 Å². The summed E-state index contributed by atoms with van der Waals surface area (Å²) in [5, 5.41) is 3.04. The van der Waals surface area contributed by atoms with Crippen LogP contribution in [-0.4, -0.2) is 20.1 Å². The van der Waals surface area contributed by atoms with Crippen molar-refractivity contribution < 1.29 is 14.3 Å². The number of benzene rings is 2. The molecular weight excluding hydrogens is 302 g/mol. The van der Waals surface area contributed by atoms with Gasteiger partial charge in [0.2, 0.25) is 5.91 Å². The molecule has 4 nitrogen and oxygen atoms in total. The molecule has 1 atom stereocenters. The average Bonchev–Trinajstić information content (AvgIpc) is 2.60. The molecule has 24 heavy (non-hydrogen) atoms. The number of ether oxygens (including phenoxy) is 2. The first-order valence-electron chi connectivity index (χ1n) is 8.10. The number of hydrogen-bond acceptors (Lipinski definition) is 3. The number of methoxy groups -OCH3 is 2. The summed E-state index contributed by atoms with van der Waals surface area (Å²) in [5.74, 6) is 1.73. The summed E-state index contributed by atoms with van der Waals surface area (Å²) >= 11 is 0. The summed E-state index contributed by atoms with van der Waals surface area (Å²) in [6.07, 6.45) is 1.18. The van der Waals surface area contributed by atoms with Crippen LogP contribution in [0.1, 0.15) is 36.1 Å². The summed E-state index contributed by atoms with van der Waals surface area (Å²) in [6.45, 7) is 3.99. The van der Waals surface area contributed by atoms with E-state index in [4.69, 9.17) is 9.47 Å². The SMILES string of the molecule is COc1ccc(C(C)NC(=O)CCc2ccc(OC)c(C)c2)cc1. The predicted molar refractivity (Wildman–Crippen MR) is 95.6 cm³/mol. The lowest BCUT2D eigenvalue weighted by Crippen LogP contribution is -2.26. The molecule has 0 aliphatic rings. The lowest BCUT2D eigenvalue weighted by molar-refractivity contribution is -0.121. The molecule has 0 aliphatic heterocycles. The van der Waals surface area contributed by atoms with Crippen molar-refractivity contribution in [3.63, 3.8) is 0 Å². The third-order valence-corrected chi connectivity index (χ3v) is 4.09. The first-order valence-corrected chi connectivity index (χ1v) is 8.10. The van der Waals surface area contributed by atoms with E-state index in [0.29, 0.717) is 12.8 Å².